The second kappa shape index (κ2) is 13.2. The molecule has 0 aliphatic carbocycles. The molecule has 1 fully saturated rings. The lowest BCUT2D eigenvalue weighted by molar-refractivity contribution is 0.0361. The fourth-order valence-electron chi connectivity index (χ4n) is 6.14. The van der Waals surface area contributed by atoms with E-state index in [4.69, 9.17) is 14.2 Å². The molecule has 0 bridgehead atoms. The summed E-state index contributed by atoms with van der Waals surface area (Å²) in [4.78, 5) is 22.0. The van der Waals surface area contributed by atoms with Crippen molar-refractivity contribution < 1.29 is 19.0 Å². The number of piperidine rings is 1. The zero-order valence-corrected chi connectivity index (χ0v) is 23.8. The maximum Gasteiger partial charge on any atom is 0.254 e. The highest BCUT2D eigenvalue weighted by atomic mass is 16.5. The number of para-hydroxylation sites is 1. The van der Waals surface area contributed by atoms with E-state index in [9.17, 15) is 4.79 Å². The van der Waals surface area contributed by atoms with Crippen molar-refractivity contribution in [2.24, 2.45) is 5.41 Å². The Bertz CT molecular complexity index is 1250. The minimum absolute atomic E-state index is 0.0591. The summed E-state index contributed by atoms with van der Waals surface area (Å²) in [6.07, 6.45) is 8.15. The Labute approximate surface area is 238 Å². The van der Waals surface area contributed by atoms with Crippen LogP contribution in [0.2, 0.25) is 0 Å². The van der Waals surface area contributed by atoms with Gasteiger partial charge in [-0.2, -0.15) is 0 Å². The van der Waals surface area contributed by atoms with Crippen LogP contribution in [0.5, 0.6) is 17.4 Å². The molecule has 1 aromatic heterocycles. The zero-order chi connectivity index (χ0) is 27.8. The first-order chi connectivity index (χ1) is 19.6. The van der Waals surface area contributed by atoms with Crippen LogP contribution in [0.15, 0.2) is 66.9 Å². The van der Waals surface area contributed by atoms with Gasteiger partial charge in [-0.15, -0.1) is 0 Å². The largest absolute Gasteiger partial charge is 0.497 e. The molecule has 40 heavy (non-hydrogen) atoms. The first kappa shape index (κ1) is 28.0. The third-order valence-electron chi connectivity index (χ3n) is 8.47. The highest BCUT2D eigenvalue weighted by molar-refractivity contribution is 5.94. The summed E-state index contributed by atoms with van der Waals surface area (Å²) < 4.78 is 16.9. The van der Waals surface area contributed by atoms with E-state index in [-0.39, 0.29) is 11.3 Å². The minimum Gasteiger partial charge on any atom is -0.497 e. The fourth-order valence-corrected chi connectivity index (χ4v) is 6.14. The topological polar surface area (TPSA) is 64.1 Å². The number of ether oxygens (including phenoxy) is 3. The molecule has 0 radical (unpaired) electrons. The van der Waals surface area contributed by atoms with Gasteiger partial charge in [-0.1, -0.05) is 36.8 Å². The highest BCUT2D eigenvalue weighted by Gasteiger charge is 2.37. The molecule has 0 N–H and O–H groups in total. The van der Waals surface area contributed by atoms with Gasteiger partial charge < -0.3 is 19.1 Å². The first-order valence-electron chi connectivity index (χ1n) is 14.4. The maximum atomic E-state index is 13.3. The lowest BCUT2D eigenvalue weighted by Crippen LogP contribution is -2.48. The van der Waals surface area contributed by atoms with Gasteiger partial charge in [-0.25, -0.2) is 4.98 Å². The van der Waals surface area contributed by atoms with Crippen LogP contribution in [0.4, 0.5) is 0 Å². The van der Waals surface area contributed by atoms with E-state index in [1.165, 1.54) is 24.0 Å². The van der Waals surface area contributed by atoms with Crippen molar-refractivity contribution in [1.29, 1.82) is 0 Å². The Hall–Kier alpha value is -3.58. The number of rotatable bonds is 5. The van der Waals surface area contributed by atoms with E-state index in [0.29, 0.717) is 18.1 Å². The molecule has 1 saturated heterocycles. The molecule has 0 saturated carbocycles. The van der Waals surface area contributed by atoms with Crippen molar-refractivity contribution in [3.05, 3.63) is 83.6 Å². The Morgan fingerprint density at radius 3 is 2.52 bits per heavy atom. The summed E-state index contributed by atoms with van der Waals surface area (Å²) >= 11 is 0. The van der Waals surface area contributed by atoms with Crippen LogP contribution in [0, 0.1) is 5.41 Å². The number of carbonyl (C=O) groups is 1. The van der Waals surface area contributed by atoms with Gasteiger partial charge in [0.05, 0.1) is 14.2 Å². The number of aryl methyl sites for hydroxylation is 1. The summed E-state index contributed by atoms with van der Waals surface area (Å²) in [5.74, 6) is 2.42. The van der Waals surface area contributed by atoms with Crippen LogP contribution in [-0.2, 0) is 13.0 Å². The SMILES string of the molecule is COc1ccc(CN2CCOc3ccccc3CCCCC3(CCN(C(=O)c4ccnc(OC)c4)CC3)C2)cc1. The van der Waals surface area contributed by atoms with Gasteiger partial charge in [-0.3, -0.25) is 9.69 Å². The molecular formula is C33H41N3O4. The lowest BCUT2D eigenvalue weighted by Gasteiger charge is -2.45. The molecule has 1 amide bonds. The number of likely N-dealkylation sites (tertiary alicyclic amines) is 1. The number of methoxy groups -OCH3 is 2. The third kappa shape index (κ3) is 6.94. The molecule has 5 rings (SSSR count). The van der Waals surface area contributed by atoms with Crippen molar-refractivity contribution >= 4 is 5.91 Å². The van der Waals surface area contributed by atoms with Gasteiger partial charge in [0, 0.05) is 50.6 Å². The van der Waals surface area contributed by atoms with Gasteiger partial charge >= 0.3 is 0 Å². The van der Waals surface area contributed by atoms with E-state index in [1.54, 1.807) is 32.5 Å². The number of benzene rings is 2. The summed E-state index contributed by atoms with van der Waals surface area (Å²) in [7, 11) is 3.28. The van der Waals surface area contributed by atoms with E-state index in [1.807, 2.05) is 17.0 Å². The molecule has 1 spiro atoms. The standard InChI is InChI=1S/C33H41N3O4/c1-38-29-12-10-26(11-13-29)24-35-21-22-40-30-9-4-3-7-27(30)8-5-6-15-33(25-35)16-19-36(20-17-33)32(37)28-14-18-34-31(23-28)39-2/h3-4,7,9-14,18,23H,5-6,8,15-17,19-22,24-25H2,1-2H3. The Morgan fingerprint density at radius 1 is 0.950 bits per heavy atom. The second-order valence-electron chi connectivity index (χ2n) is 11.1. The molecule has 2 aliphatic rings. The molecule has 3 heterocycles. The fraction of sp³-hybridized carbons (Fsp3) is 0.455. The average molecular weight is 544 g/mol. The minimum atomic E-state index is 0.0591. The Morgan fingerprint density at radius 2 is 1.75 bits per heavy atom. The number of hydrogen-bond acceptors (Lipinski definition) is 6. The van der Waals surface area contributed by atoms with Crippen molar-refractivity contribution in [2.45, 2.75) is 45.1 Å². The van der Waals surface area contributed by atoms with Gasteiger partial charge in [0.15, 0.2) is 0 Å². The predicted molar refractivity (Wildman–Crippen MR) is 156 cm³/mol. The van der Waals surface area contributed by atoms with Gasteiger partial charge in [0.1, 0.15) is 18.1 Å². The van der Waals surface area contributed by atoms with Gasteiger partial charge in [0.2, 0.25) is 5.88 Å². The lowest BCUT2D eigenvalue weighted by atomic mass is 9.73. The third-order valence-corrected chi connectivity index (χ3v) is 8.47. The smallest absolute Gasteiger partial charge is 0.254 e. The Kier molecular flexibility index (Phi) is 9.22. The van der Waals surface area contributed by atoms with Crippen LogP contribution in [0.25, 0.3) is 0 Å². The van der Waals surface area contributed by atoms with Gasteiger partial charge in [-0.05, 0) is 72.9 Å². The molecule has 2 aliphatic heterocycles. The average Bonchev–Trinajstić information content (AvgIpc) is 3.00. The number of carbonyl (C=O) groups excluding carboxylic acids is 1. The molecule has 0 unspecified atom stereocenters. The molecule has 212 valence electrons. The molecule has 7 heteroatoms. The molecule has 2 aromatic carbocycles. The van der Waals surface area contributed by atoms with Crippen LogP contribution in [0.1, 0.15) is 53.6 Å². The second-order valence-corrected chi connectivity index (χ2v) is 11.1. The normalized spacial score (nSPS) is 18.1. The maximum absolute atomic E-state index is 13.3. The van der Waals surface area contributed by atoms with E-state index >= 15 is 0 Å². The Balaban J connectivity index is 1.32. The number of fused-ring (bicyclic) bond motifs is 1. The summed E-state index contributed by atoms with van der Waals surface area (Å²) in [5.41, 5.74) is 3.37. The molecular weight excluding hydrogens is 502 g/mol. The monoisotopic (exact) mass is 543 g/mol. The summed E-state index contributed by atoms with van der Waals surface area (Å²) in [6, 6.07) is 20.4. The van der Waals surface area contributed by atoms with Crippen molar-refractivity contribution in [2.75, 3.05) is 47.0 Å². The number of hydrogen-bond donors (Lipinski definition) is 0. The van der Waals surface area contributed by atoms with Crippen molar-refractivity contribution in [3.8, 4) is 17.4 Å². The van der Waals surface area contributed by atoms with E-state index in [2.05, 4.69) is 46.3 Å². The van der Waals surface area contributed by atoms with Crippen LogP contribution in [0.3, 0.4) is 0 Å². The number of aromatic nitrogens is 1. The van der Waals surface area contributed by atoms with Crippen LogP contribution < -0.4 is 14.2 Å². The van der Waals surface area contributed by atoms with Crippen LogP contribution >= 0.6 is 0 Å². The molecule has 0 atom stereocenters. The van der Waals surface area contributed by atoms with E-state index in [0.717, 1.165) is 69.9 Å². The van der Waals surface area contributed by atoms with Crippen molar-refractivity contribution in [1.82, 2.24) is 14.8 Å². The number of pyridine rings is 1. The number of nitrogens with zero attached hydrogens (tertiary/aromatic N) is 3. The van der Waals surface area contributed by atoms with E-state index < -0.39 is 0 Å². The highest BCUT2D eigenvalue weighted by Crippen LogP contribution is 2.39. The van der Waals surface area contributed by atoms with Crippen LogP contribution in [-0.4, -0.2) is 67.7 Å². The van der Waals surface area contributed by atoms with Gasteiger partial charge in [0.25, 0.3) is 5.91 Å². The zero-order valence-electron chi connectivity index (χ0n) is 23.8. The first-order valence-corrected chi connectivity index (χ1v) is 14.4. The van der Waals surface area contributed by atoms with Crippen molar-refractivity contribution in [3.63, 3.8) is 0 Å². The summed E-state index contributed by atoms with van der Waals surface area (Å²) in [6.45, 7) is 4.88. The number of amides is 1. The molecule has 7 nitrogen and oxygen atoms in total. The quantitative estimate of drug-likeness (QED) is 0.416. The molecule has 3 aromatic rings. The summed E-state index contributed by atoms with van der Waals surface area (Å²) in [5, 5.41) is 0. The predicted octanol–water partition coefficient (Wildman–Crippen LogP) is 5.63.